The molecule has 1 aliphatic heterocycles. The summed E-state index contributed by atoms with van der Waals surface area (Å²) in [5.41, 5.74) is 0.563. The first-order valence-corrected chi connectivity index (χ1v) is 8.81. The van der Waals surface area contributed by atoms with Crippen molar-refractivity contribution in [3.8, 4) is 0 Å². The normalized spacial score (nSPS) is 16.7. The highest BCUT2D eigenvalue weighted by Gasteiger charge is 2.13. The van der Waals surface area contributed by atoms with Gasteiger partial charge in [-0.15, -0.1) is 0 Å². The molecule has 8 nitrogen and oxygen atoms in total. The molecule has 0 unspecified atom stereocenters. The minimum Gasteiger partial charge on any atom is -0.379 e. The van der Waals surface area contributed by atoms with Crippen LogP contribution in [0.25, 0.3) is 0 Å². The molecule has 1 atom stereocenters. The van der Waals surface area contributed by atoms with Gasteiger partial charge in [0.2, 0.25) is 5.95 Å². The predicted molar refractivity (Wildman–Crippen MR) is 96.3 cm³/mol. The lowest BCUT2D eigenvalue weighted by Crippen LogP contribution is -2.39. The summed E-state index contributed by atoms with van der Waals surface area (Å²) in [5.74, 6) is 0.541. The van der Waals surface area contributed by atoms with Crippen LogP contribution in [0.4, 0.5) is 5.95 Å². The Morgan fingerprint density at radius 3 is 2.96 bits per heavy atom. The first-order valence-electron chi connectivity index (χ1n) is 8.43. The standard InChI is InChI=1S/C16H23ClN6O2/c1-12(10-23-11-13(17)9-19-23)14-8-15(24)21-16(20-14)18-2-3-22-4-6-25-7-5-22/h8-9,11-12H,2-7,10H2,1H3,(H2,18,20,21,24)/t12-/m0/s1. The van der Waals surface area contributed by atoms with Gasteiger partial charge in [-0.05, 0) is 0 Å². The molecule has 136 valence electrons. The molecule has 0 aromatic carbocycles. The van der Waals surface area contributed by atoms with E-state index in [-0.39, 0.29) is 11.5 Å². The predicted octanol–water partition coefficient (Wildman–Crippen LogP) is 1.17. The van der Waals surface area contributed by atoms with Crippen molar-refractivity contribution in [3.05, 3.63) is 39.5 Å². The number of nitrogens with one attached hydrogen (secondary N) is 2. The number of hydrogen-bond donors (Lipinski definition) is 2. The molecular weight excluding hydrogens is 344 g/mol. The first kappa shape index (κ1) is 17.9. The molecule has 25 heavy (non-hydrogen) atoms. The number of hydrogen-bond acceptors (Lipinski definition) is 6. The molecule has 0 bridgehead atoms. The molecule has 0 saturated carbocycles. The Labute approximate surface area is 151 Å². The summed E-state index contributed by atoms with van der Waals surface area (Å²) in [5, 5.41) is 7.96. The molecule has 2 aromatic rings. The Morgan fingerprint density at radius 2 is 2.24 bits per heavy atom. The summed E-state index contributed by atoms with van der Waals surface area (Å²) >= 11 is 5.89. The Bertz CT molecular complexity index is 740. The Kier molecular flexibility index (Phi) is 6.06. The van der Waals surface area contributed by atoms with Crippen LogP contribution >= 0.6 is 11.6 Å². The number of aromatic nitrogens is 4. The molecule has 0 aliphatic carbocycles. The summed E-state index contributed by atoms with van der Waals surface area (Å²) in [4.78, 5) is 21.5. The van der Waals surface area contributed by atoms with Crippen LogP contribution in [0.1, 0.15) is 18.5 Å². The maximum atomic E-state index is 11.9. The molecular formula is C16H23ClN6O2. The van der Waals surface area contributed by atoms with Crippen LogP contribution in [0.15, 0.2) is 23.3 Å². The molecule has 0 radical (unpaired) electrons. The lowest BCUT2D eigenvalue weighted by molar-refractivity contribution is 0.0398. The van der Waals surface area contributed by atoms with Gasteiger partial charge >= 0.3 is 0 Å². The van der Waals surface area contributed by atoms with E-state index in [2.05, 4.69) is 25.3 Å². The van der Waals surface area contributed by atoms with Gasteiger partial charge < -0.3 is 10.1 Å². The van der Waals surface area contributed by atoms with Gasteiger partial charge in [0.1, 0.15) is 0 Å². The topological polar surface area (TPSA) is 88.1 Å². The van der Waals surface area contributed by atoms with Gasteiger partial charge in [-0.2, -0.15) is 5.10 Å². The van der Waals surface area contributed by atoms with Crippen molar-refractivity contribution in [2.75, 3.05) is 44.7 Å². The number of halogens is 1. The molecule has 2 aromatic heterocycles. The Hall–Kier alpha value is -1.90. The number of morpholine rings is 1. The molecule has 0 spiro atoms. The van der Waals surface area contributed by atoms with Crippen molar-refractivity contribution in [2.24, 2.45) is 0 Å². The minimum atomic E-state index is -0.163. The van der Waals surface area contributed by atoms with Crippen molar-refractivity contribution in [3.63, 3.8) is 0 Å². The zero-order chi connectivity index (χ0) is 17.6. The van der Waals surface area contributed by atoms with Crippen LogP contribution in [0.3, 0.4) is 0 Å². The van der Waals surface area contributed by atoms with Crippen LogP contribution in [0, 0.1) is 0 Å². The fourth-order valence-corrected chi connectivity index (χ4v) is 2.94. The largest absolute Gasteiger partial charge is 0.379 e. The van der Waals surface area contributed by atoms with Crippen molar-refractivity contribution in [1.29, 1.82) is 0 Å². The third-order valence-corrected chi connectivity index (χ3v) is 4.35. The van der Waals surface area contributed by atoms with Gasteiger partial charge in [0, 0.05) is 50.9 Å². The van der Waals surface area contributed by atoms with Crippen molar-refractivity contribution in [2.45, 2.75) is 19.4 Å². The average Bonchev–Trinajstić information content (AvgIpc) is 3.00. The Morgan fingerprint density at radius 1 is 1.44 bits per heavy atom. The van der Waals surface area contributed by atoms with Gasteiger partial charge in [-0.3, -0.25) is 19.4 Å². The second kappa shape index (κ2) is 8.46. The van der Waals surface area contributed by atoms with E-state index in [0.717, 1.165) is 45.1 Å². The minimum absolute atomic E-state index is 0.0399. The molecule has 9 heteroatoms. The zero-order valence-electron chi connectivity index (χ0n) is 14.2. The van der Waals surface area contributed by atoms with Crippen LogP contribution in [0.5, 0.6) is 0 Å². The van der Waals surface area contributed by atoms with E-state index in [0.29, 0.717) is 17.5 Å². The lowest BCUT2D eigenvalue weighted by Gasteiger charge is -2.26. The van der Waals surface area contributed by atoms with Crippen LogP contribution in [0.2, 0.25) is 5.02 Å². The number of aromatic amines is 1. The van der Waals surface area contributed by atoms with Gasteiger partial charge in [0.25, 0.3) is 5.56 Å². The third kappa shape index (κ3) is 5.29. The molecule has 0 amide bonds. The van der Waals surface area contributed by atoms with E-state index in [1.54, 1.807) is 17.1 Å². The van der Waals surface area contributed by atoms with Crippen molar-refractivity contribution >= 4 is 17.5 Å². The summed E-state index contributed by atoms with van der Waals surface area (Å²) in [6.45, 7) is 7.66. The van der Waals surface area contributed by atoms with E-state index in [9.17, 15) is 4.79 Å². The van der Waals surface area contributed by atoms with Gasteiger partial charge in [0.15, 0.2) is 0 Å². The molecule has 1 fully saturated rings. The van der Waals surface area contributed by atoms with Crippen molar-refractivity contribution < 1.29 is 4.74 Å². The fourth-order valence-electron chi connectivity index (χ4n) is 2.78. The van der Waals surface area contributed by atoms with Crippen molar-refractivity contribution in [1.82, 2.24) is 24.6 Å². The van der Waals surface area contributed by atoms with E-state index < -0.39 is 0 Å². The molecule has 1 saturated heterocycles. The summed E-state index contributed by atoms with van der Waals surface area (Å²) in [7, 11) is 0. The van der Waals surface area contributed by atoms with Crippen LogP contribution in [-0.4, -0.2) is 64.0 Å². The second-order valence-corrected chi connectivity index (χ2v) is 6.62. The van der Waals surface area contributed by atoms with Crippen LogP contribution < -0.4 is 10.9 Å². The fraction of sp³-hybridized carbons (Fsp3) is 0.562. The van der Waals surface area contributed by atoms with E-state index in [4.69, 9.17) is 16.3 Å². The Balaban J connectivity index is 1.58. The maximum Gasteiger partial charge on any atom is 0.252 e. The summed E-state index contributed by atoms with van der Waals surface area (Å²) in [6, 6.07) is 1.53. The van der Waals surface area contributed by atoms with Crippen LogP contribution in [-0.2, 0) is 11.3 Å². The molecule has 3 rings (SSSR count). The smallest absolute Gasteiger partial charge is 0.252 e. The highest BCUT2D eigenvalue weighted by atomic mass is 35.5. The van der Waals surface area contributed by atoms with Gasteiger partial charge in [-0.1, -0.05) is 18.5 Å². The number of nitrogens with zero attached hydrogens (tertiary/aromatic N) is 4. The molecule has 2 N–H and O–H groups in total. The number of anilines is 1. The van der Waals surface area contributed by atoms with E-state index >= 15 is 0 Å². The lowest BCUT2D eigenvalue weighted by atomic mass is 10.1. The first-order chi connectivity index (χ1) is 12.1. The average molecular weight is 367 g/mol. The zero-order valence-corrected chi connectivity index (χ0v) is 15.0. The highest BCUT2D eigenvalue weighted by molar-refractivity contribution is 6.30. The highest BCUT2D eigenvalue weighted by Crippen LogP contribution is 2.15. The molecule has 1 aliphatic rings. The maximum absolute atomic E-state index is 11.9. The van der Waals surface area contributed by atoms with E-state index in [1.807, 2.05) is 6.92 Å². The summed E-state index contributed by atoms with van der Waals surface area (Å²) < 4.78 is 7.09. The SMILES string of the molecule is C[C@@H](Cn1cc(Cl)cn1)c1cc(=O)[nH]c(NCCN2CCOCC2)n1. The molecule has 3 heterocycles. The third-order valence-electron chi connectivity index (χ3n) is 4.15. The monoisotopic (exact) mass is 366 g/mol. The number of ether oxygens (including phenoxy) is 1. The van der Waals surface area contributed by atoms with Gasteiger partial charge in [-0.25, -0.2) is 4.98 Å². The summed E-state index contributed by atoms with van der Waals surface area (Å²) in [6.07, 6.45) is 3.35. The number of H-pyrrole nitrogens is 1. The van der Waals surface area contributed by atoms with E-state index in [1.165, 1.54) is 6.07 Å². The number of rotatable bonds is 7. The second-order valence-electron chi connectivity index (χ2n) is 6.18. The quantitative estimate of drug-likeness (QED) is 0.764. The van der Waals surface area contributed by atoms with Gasteiger partial charge in [0.05, 0.1) is 30.1 Å².